The number of ether oxygens (including phenoxy) is 2. The van der Waals surface area contributed by atoms with Crippen molar-refractivity contribution in [2.75, 3.05) is 0 Å². The summed E-state index contributed by atoms with van der Waals surface area (Å²) >= 11 is 6.05. The highest BCUT2D eigenvalue weighted by atomic mass is 32.9. The maximum atomic E-state index is 12.8. The fraction of sp³-hybridized carbons (Fsp3) is 0.280. The van der Waals surface area contributed by atoms with E-state index in [4.69, 9.17) is 21.7 Å². The SMILES string of the molecule is CC(C)(CCC(=O)CCC(=O)Oc1ccccc1C(=O)Oc1ccc(-c2cc(=S)ss2)cc1)SN=O. The Hall–Kier alpha value is -2.73. The molecule has 3 rings (SSSR count). The second-order valence-electron chi connectivity index (χ2n) is 8.34. The molecule has 0 aliphatic carbocycles. The standard InChI is InChI=1S/C25H23NO6S4/c1-25(2,36-26-30)14-13-17(27)9-12-22(28)32-20-6-4-3-5-19(20)24(29)31-18-10-7-16(8-11-18)21-15-23(33)35-34-21/h3-8,10-11,15H,9,12-14H2,1-2H3. The summed E-state index contributed by atoms with van der Waals surface area (Å²) in [6.45, 7) is 3.65. The minimum atomic E-state index is -0.670. The van der Waals surface area contributed by atoms with Gasteiger partial charge >= 0.3 is 11.9 Å². The molecule has 0 N–H and O–H groups in total. The molecular weight excluding hydrogens is 539 g/mol. The molecule has 0 saturated carbocycles. The Morgan fingerprint density at radius 2 is 1.69 bits per heavy atom. The van der Waals surface area contributed by atoms with Gasteiger partial charge in [-0.2, -0.15) is 0 Å². The van der Waals surface area contributed by atoms with Crippen LogP contribution in [0.2, 0.25) is 0 Å². The average molecular weight is 562 g/mol. The lowest BCUT2D eigenvalue weighted by Crippen LogP contribution is -2.17. The lowest BCUT2D eigenvalue weighted by atomic mass is 10.0. The van der Waals surface area contributed by atoms with E-state index in [-0.39, 0.29) is 36.4 Å². The van der Waals surface area contributed by atoms with Crippen LogP contribution in [-0.2, 0) is 9.59 Å². The number of benzene rings is 2. The molecule has 3 aromatic rings. The first kappa shape index (κ1) is 27.9. The molecule has 0 unspecified atom stereocenters. The topological polar surface area (TPSA) is 99.1 Å². The molecule has 7 nitrogen and oxygen atoms in total. The summed E-state index contributed by atoms with van der Waals surface area (Å²) in [6.07, 6.45) is 0.575. The summed E-state index contributed by atoms with van der Waals surface area (Å²) in [6, 6.07) is 15.3. The van der Waals surface area contributed by atoms with Crippen LogP contribution in [0.1, 0.15) is 49.9 Å². The van der Waals surface area contributed by atoms with Crippen LogP contribution in [0.25, 0.3) is 10.4 Å². The van der Waals surface area contributed by atoms with Gasteiger partial charge < -0.3 is 9.47 Å². The predicted molar refractivity (Wildman–Crippen MR) is 146 cm³/mol. The fourth-order valence-corrected chi connectivity index (χ4v) is 5.87. The van der Waals surface area contributed by atoms with Gasteiger partial charge in [0.15, 0.2) is 0 Å². The van der Waals surface area contributed by atoms with Gasteiger partial charge in [0, 0.05) is 39.0 Å². The van der Waals surface area contributed by atoms with Crippen LogP contribution in [0, 0.1) is 8.73 Å². The van der Waals surface area contributed by atoms with Crippen LogP contribution in [0.15, 0.2) is 59.2 Å². The Kier molecular flexibility index (Phi) is 10.1. The molecule has 1 aromatic heterocycles. The minimum Gasteiger partial charge on any atom is -0.426 e. The average Bonchev–Trinajstić information content (AvgIpc) is 3.28. The molecule has 36 heavy (non-hydrogen) atoms. The zero-order valence-electron chi connectivity index (χ0n) is 19.6. The van der Waals surface area contributed by atoms with Crippen LogP contribution in [-0.4, -0.2) is 22.5 Å². The molecule has 0 bridgehead atoms. The van der Waals surface area contributed by atoms with E-state index >= 15 is 0 Å². The van der Waals surface area contributed by atoms with Gasteiger partial charge in [-0.3, -0.25) is 9.59 Å². The number of carbonyl (C=O) groups excluding carboxylic acids is 3. The van der Waals surface area contributed by atoms with Gasteiger partial charge in [0.05, 0.1) is 6.42 Å². The Morgan fingerprint density at radius 3 is 2.36 bits per heavy atom. The van der Waals surface area contributed by atoms with Crippen molar-refractivity contribution < 1.29 is 23.9 Å². The lowest BCUT2D eigenvalue weighted by Gasteiger charge is -2.18. The van der Waals surface area contributed by atoms with Crippen molar-refractivity contribution in [1.82, 2.24) is 0 Å². The van der Waals surface area contributed by atoms with Crippen LogP contribution in [0.5, 0.6) is 11.5 Å². The zero-order chi connectivity index (χ0) is 26.1. The maximum Gasteiger partial charge on any atom is 0.347 e. The number of esters is 2. The van der Waals surface area contributed by atoms with Crippen molar-refractivity contribution in [3.63, 3.8) is 0 Å². The first-order chi connectivity index (χ1) is 17.2. The molecule has 11 heteroatoms. The van der Waals surface area contributed by atoms with Gasteiger partial charge in [0.25, 0.3) is 0 Å². The zero-order valence-corrected chi connectivity index (χ0v) is 22.8. The molecule has 0 radical (unpaired) electrons. The molecule has 0 fully saturated rings. The quantitative estimate of drug-likeness (QED) is 0.0555. The summed E-state index contributed by atoms with van der Waals surface area (Å²) in [5.74, 6) is -1.01. The largest absolute Gasteiger partial charge is 0.426 e. The highest BCUT2D eigenvalue weighted by Crippen LogP contribution is 2.31. The van der Waals surface area contributed by atoms with Crippen LogP contribution >= 0.6 is 44.8 Å². The molecule has 0 spiro atoms. The van der Waals surface area contributed by atoms with Crippen molar-refractivity contribution >= 4 is 62.6 Å². The highest BCUT2D eigenvalue weighted by Gasteiger charge is 2.22. The van der Waals surface area contributed by atoms with E-state index in [2.05, 4.69) is 4.58 Å². The Labute approximate surface area is 225 Å². The highest BCUT2D eigenvalue weighted by molar-refractivity contribution is 7.99. The predicted octanol–water partition coefficient (Wildman–Crippen LogP) is 7.65. The Morgan fingerprint density at radius 1 is 0.972 bits per heavy atom. The van der Waals surface area contributed by atoms with E-state index in [1.807, 2.05) is 32.0 Å². The smallest absolute Gasteiger partial charge is 0.347 e. The third kappa shape index (κ3) is 8.44. The minimum absolute atomic E-state index is 0.00497. The third-order valence-electron chi connectivity index (χ3n) is 5.04. The number of Topliss-reactive ketones (excluding diaryl/α,β-unsaturated/α-hetero) is 1. The van der Waals surface area contributed by atoms with Gasteiger partial charge in [0.2, 0.25) is 0 Å². The van der Waals surface area contributed by atoms with Gasteiger partial charge in [0.1, 0.15) is 26.7 Å². The van der Waals surface area contributed by atoms with Crippen molar-refractivity contribution in [2.24, 2.45) is 4.58 Å². The van der Waals surface area contributed by atoms with Crippen molar-refractivity contribution in [2.45, 2.75) is 44.3 Å². The van der Waals surface area contributed by atoms with Crippen molar-refractivity contribution in [3.05, 3.63) is 68.9 Å². The van der Waals surface area contributed by atoms with Crippen molar-refractivity contribution in [1.29, 1.82) is 0 Å². The molecule has 0 saturated heterocycles. The Balaban J connectivity index is 1.55. The van der Waals surface area contributed by atoms with Gasteiger partial charge in [-0.15, -0.1) is 4.91 Å². The summed E-state index contributed by atoms with van der Waals surface area (Å²) in [5, 5.41) is 0. The summed E-state index contributed by atoms with van der Waals surface area (Å²) in [4.78, 5) is 48.7. The number of hydrogen-bond acceptors (Lipinski definition) is 11. The molecule has 0 aliphatic rings. The van der Waals surface area contributed by atoms with Crippen LogP contribution in [0.3, 0.4) is 0 Å². The molecule has 0 atom stereocenters. The molecule has 188 valence electrons. The molecular formula is C25H23NO6S4. The Bertz CT molecular complexity index is 1300. The summed E-state index contributed by atoms with van der Waals surface area (Å²) < 4.78 is 14.0. The summed E-state index contributed by atoms with van der Waals surface area (Å²) in [5.41, 5.74) is 1.07. The number of rotatable bonds is 12. The van der Waals surface area contributed by atoms with E-state index in [0.717, 1.165) is 26.2 Å². The van der Waals surface area contributed by atoms with Crippen molar-refractivity contribution in [3.8, 4) is 21.9 Å². The number of nitroso groups, excluding NO2 is 1. The number of nitrogens with zero attached hydrogens (tertiary/aromatic N) is 1. The molecule has 2 aromatic carbocycles. The molecule has 0 amide bonds. The number of para-hydroxylation sites is 1. The number of ketones is 1. The fourth-order valence-electron chi connectivity index (χ4n) is 3.07. The third-order valence-corrected chi connectivity index (χ3v) is 8.72. The lowest BCUT2D eigenvalue weighted by molar-refractivity contribution is -0.136. The maximum absolute atomic E-state index is 12.8. The van der Waals surface area contributed by atoms with E-state index in [0.29, 0.717) is 12.2 Å². The second-order valence-corrected chi connectivity index (χ2v) is 12.7. The van der Waals surface area contributed by atoms with Gasteiger partial charge in [-0.05, 0) is 68.3 Å². The normalized spacial score (nSPS) is 11.1. The number of carbonyl (C=O) groups is 3. The second kappa shape index (κ2) is 13.0. The summed E-state index contributed by atoms with van der Waals surface area (Å²) in [7, 11) is 3.11. The number of hydrogen-bond donors (Lipinski definition) is 0. The van der Waals surface area contributed by atoms with E-state index in [1.54, 1.807) is 34.6 Å². The van der Waals surface area contributed by atoms with Gasteiger partial charge in [-0.1, -0.05) is 45.0 Å². The first-order valence-corrected chi connectivity index (χ1v) is 14.2. The van der Waals surface area contributed by atoms with E-state index < -0.39 is 16.7 Å². The molecule has 1 heterocycles. The van der Waals surface area contributed by atoms with E-state index in [9.17, 15) is 19.3 Å². The van der Waals surface area contributed by atoms with E-state index in [1.165, 1.54) is 22.5 Å². The monoisotopic (exact) mass is 561 g/mol. The van der Waals surface area contributed by atoms with Gasteiger partial charge in [-0.25, -0.2) is 4.79 Å². The van der Waals surface area contributed by atoms with Crippen LogP contribution < -0.4 is 9.47 Å². The first-order valence-electron chi connectivity index (χ1n) is 10.9. The molecule has 0 aliphatic heterocycles. The van der Waals surface area contributed by atoms with Crippen LogP contribution in [0.4, 0.5) is 0 Å².